The van der Waals surface area contributed by atoms with Crippen LogP contribution < -0.4 is 5.32 Å². The van der Waals surface area contributed by atoms with Crippen LogP contribution in [0.2, 0.25) is 0 Å². The molecule has 0 radical (unpaired) electrons. The summed E-state index contributed by atoms with van der Waals surface area (Å²) in [5.74, 6) is -3.09. The van der Waals surface area contributed by atoms with Crippen LogP contribution in [0.15, 0.2) is 42.5 Å². The molecule has 2 rings (SSSR count). The number of hydrogen-bond donors (Lipinski definition) is 3. The molecule has 102 valence electrons. The molecule has 0 unspecified atom stereocenters. The number of para-hydroxylation sites is 1. The number of aromatic carboxylic acids is 1. The van der Waals surface area contributed by atoms with Crippen molar-refractivity contribution in [1.29, 1.82) is 0 Å². The number of anilines is 1. The van der Waals surface area contributed by atoms with Crippen molar-refractivity contribution in [2.24, 2.45) is 0 Å². The molecule has 1 amide bonds. The molecule has 5 nitrogen and oxygen atoms in total. The van der Waals surface area contributed by atoms with Gasteiger partial charge in [-0.1, -0.05) is 12.1 Å². The minimum atomic E-state index is -1.32. The summed E-state index contributed by atoms with van der Waals surface area (Å²) in [7, 11) is 0. The zero-order valence-corrected chi connectivity index (χ0v) is 10.1. The number of carbonyl (C=O) groups is 2. The summed E-state index contributed by atoms with van der Waals surface area (Å²) in [4.78, 5) is 22.7. The first-order valence-electron chi connectivity index (χ1n) is 5.61. The lowest BCUT2D eigenvalue weighted by atomic mass is 10.1. The van der Waals surface area contributed by atoms with E-state index in [9.17, 15) is 19.1 Å². The first kappa shape index (κ1) is 13.5. The van der Waals surface area contributed by atoms with Gasteiger partial charge < -0.3 is 15.5 Å². The fraction of sp³-hybridized carbons (Fsp3) is 0. The minimum absolute atomic E-state index is 0.0563. The van der Waals surface area contributed by atoms with Gasteiger partial charge in [0, 0.05) is 5.56 Å². The van der Waals surface area contributed by atoms with E-state index in [4.69, 9.17) is 5.11 Å². The molecule has 3 N–H and O–H groups in total. The number of phenols is 1. The number of rotatable bonds is 3. The molecule has 0 saturated heterocycles. The van der Waals surface area contributed by atoms with Crippen molar-refractivity contribution in [3.05, 3.63) is 59.4 Å². The second-order valence-electron chi connectivity index (χ2n) is 3.97. The number of hydrogen-bond acceptors (Lipinski definition) is 3. The van der Waals surface area contributed by atoms with Crippen molar-refractivity contribution in [2.75, 3.05) is 5.32 Å². The lowest BCUT2D eigenvalue weighted by molar-refractivity contribution is 0.0693. The molecule has 0 aliphatic carbocycles. The van der Waals surface area contributed by atoms with Crippen LogP contribution in [0.5, 0.6) is 5.75 Å². The number of aromatic hydroxyl groups is 1. The fourth-order valence-corrected chi connectivity index (χ4v) is 1.64. The number of halogens is 1. The highest BCUT2D eigenvalue weighted by atomic mass is 19.1. The van der Waals surface area contributed by atoms with Gasteiger partial charge in [0.15, 0.2) is 5.75 Å². The van der Waals surface area contributed by atoms with Crippen LogP contribution in [-0.2, 0) is 0 Å². The van der Waals surface area contributed by atoms with E-state index in [-0.39, 0.29) is 16.8 Å². The Labute approximate surface area is 113 Å². The van der Waals surface area contributed by atoms with Gasteiger partial charge in [-0.05, 0) is 30.3 Å². The fourth-order valence-electron chi connectivity index (χ4n) is 1.64. The highest BCUT2D eigenvalue weighted by Crippen LogP contribution is 2.27. The Bertz CT molecular complexity index is 685. The third kappa shape index (κ3) is 2.74. The number of carboxylic acids is 1. The number of carboxylic acid groups (broad SMARTS) is 1. The first-order valence-corrected chi connectivity index (χ1v) is 5.61. The number of benzene rings is 2. The molecule has 2 aromatic rings. The van der Waals surface area contributed by atoms with Crippen LogP contribution >= 0.6 is 0 Å². The van der Waals surface area contributed by atoms with Crippen LogP contribution in [0.25, 0.3) is 0 Å². The molecular weight excluding hydrogens is 265 g/mol. The van der Waals surface area contributed by atoms with E-state index >= 15 is 0 Å². The van der Waals surface area contributed by atoms with E-state index in [1.807, 2.05) is 0 Å². The monoisotopic (exact) mass is 275 g/mol. The average Bonchev–Trinajstić information content (AvgIpc) is 2.40. The van der Waals surface area contributed by atoms with Gasteiger partial charge in [-0.2, -0.15) is 0 Å². The Balaban J connectivity index is 2.29. The third-order valence-corrected chi connectivity index (χ3v) is 2.60. The maximum Gasteiger partial charge on any atom is 0.339 e. The van der Waals surface area contributed by atoms with Crippen LogP contribution in [0.4, 0.5) is 10.1 Å². The molecule has 0 heterocycles. The van der Waals surface area contributed by atoms with Crippen LogP contribution in [0.1, 0.15) is 20.7 Å². The second kappa shape index (κ2) is 5.40. The Morgan fingerprint density at radius 1 is 1.10 bits per heavy atom. The molecule has 0 spiro atoms. The highest BCUT2D eigenvalue weighted by molar-refractivity contribution is 6.06. The van der Waals surface area contributed by atoms with Gasteiger partial charge in [0.2, 0.25) is 0 Å². The Morgan fingerprint density at radius 2 is 1.80 bits per heavy atom. The average molecular weight is 275 g/mol. The van der Waals surface area contributed by atoms with Crippen molar-refractivity contribution >= 4 is 17.6 Å². The number of amides is 1. The zero-order chi connectivity index (χ0) is 14.7. The molecule has 2 aromatic carbocycles. The lowest BCUT2D eigenvalue weighted by Crippen LogP contribution is -2.13. The van der Waals surface area contributed by atoms with E-state index in [0.29, 0.717) is 0 Å². The Kier molecular flexibility index (Phi) is 3.65. The van der Waals surface area contributed by atoms with Crippen molar-refractivity contribution in [3.63, 3.8) is 0 Å². The van der Waals surface area contributed by atoms with Gasteiger partial charge in [0.25, 0.3) is 5.91 Å². The van der Waals surface area contributed by atoms with Crippen LogP contribution in [0.3, 0.4) is 0 Å². The molecular formula is C14H10FNO4. The van der Waals surface area contributed by atoms with Gasteiger partial charge in [0.05, 0.1) is 5.69 Å². The summed E-state index contributed by atoms with van der Waals surface area (Å²) in [6.07, 6.45) is 0. The predicted molar refractivity (Wildman–Crippen MR) is 69.4 cm³/mol. The van der Waals surface area contributed by atoms with Gasteiger partial charge in [-0.25, -0.2) is 9.18 Å². The quantitative estimate of drug-likeness (QED) is 0.751. The summed E-state index contributed by atoms with van der Waals surface area (Å²) in [5.41, 5.74) is -0.327. The molecule has 20 heavy (non-hydrogen) atoms. The lowest BCUT2D eigenvalue weighted by Gasteiger charge is -2.09. The van der Waals surface area contributed by atoms with Crippen LogP contribution in [0, 0.1) is 5.82 Å². The van der Waals surface area contributed by atoms with Gasteiger partial charge in [-0.3, -0.25) is 4.79 Å². The Morgan fingerprint density at radius 3 is 2.45 bits per heavy atom. The molecule has 0 aliphatic heterocycles. The molecule has 0 aromatic heterocycles. The smallest absolute Gasteiger partial charge is 0.339 e. The SMILES string of the molecule is O=C(Nc1cccc(C(=O)O)c1O)c1cccc(F)c1. The second-order valence-corrected chi connectivity index (χ2v) is 3.97. The van der Waals surface area contributed by atoms with Crippen molar-refractivity contribution in [2.45, 2.75) is 0 Å². The van der Waals surface area contributed by atoms with Gasteiger partial charge in [0.1, 0.15) is 11.4 Å². The largest absolute Gasteiger partial charge is 0.505 e. The van der Waals surface area contributed by atoms with Crippen molar-refractivity contribution < 1.29 is 24.2 Å². The summed E-state index contributed by atoms with van der Waals surface area (Å²) in [6.45, 7) is 0. The molecule has 6 heteroatoms. The summed E-state index contributed by atoms with van der Waals surface area (Å²) in [6, 6.07) is 8.93. The highest BCUT2D eigenvalue weighted by Gasteiger charge is 2.15. The van der Waals surface area contributed by atoms with Crippen LogP contribution in [-0.4, -0.2) is 22.1 Å². The van der Waals surface area contributed by atoms with E-state index in [1.54, 1.807) is 0 Å². The molecule has 0 fully saturated rings. The molecule has 0 aliphatic rings. The predicted octanol–water partition coefficient (Wildman–Crippen LogP) is 2.48. The van der Waals surface area contributed by atoms with Gasteiger partial charge in [-0.15, -0.1) is 0 Å². The number of carbonyl (C=O) groups excluding carboxylic acids is 1. The number of nitrogens with one attached hydrogen (secondary N) is 1. The molecule has 0 atom stereocenters. The van der Waals surface area contributed by atoms with Gasteiger partial charge >= 0.3 is 5.97 Å². The summed E-state index contributed by atoms with van der Waals surface area (Å²) < 4.78 is 13.0. The normalized spacial score (nSPS) is 10.1. The van der Waals surface area contributed by atoms with E-state index in [0.717, 1.165) is 6.07 Å². The van der Waals surface area contributed by atoms with Crippen molar-refractivity contribution in [3.8, 4) is 5.75 Å². The molecule has 0 saturated carbocycles. The van der Waals surface area contributed by atoms with E-state index in [1.165, 1.54) is 36.4 Å². The standard InChI is InChI=1S/C14H10FNO4/c15-9-4-1-3-8(7-9)13(18)16-11-6-2-5-10(12(11)17)14(19)20/h1-7,17H,(H,16,18)(H,19,20). The zero-order valence-electron chi connectivity index (χ0n) is 10.1. The van der Waals surface area contributed by atoms with E-state index < -0.39 is 23.4 Å². The maximum atomic E-state index is 13.0. The maximum absolute atomic E-state index is 13.0. The first-order chi connectivity index (χ1) is 9.49. The Hall–Kier alpha value is -2.89. The van der Waals surface area contributed by atoms with Crippen molar-refractivity contribution in [1.82, 2.24) is 0 Å². The third-order valence-electron chi connectivity index (χ3n) is 2.60. The minimum Gasteiger partial charge on any atom is -0.505 e. The topological polar surface area (TPSA) is 86.6 Å². The molecule has 0 bridgehead atoms. The summed E-state index contributed by atoms with van der Waals surface area (Å²) in [5, 5.41) is 20.9. The summed E-state index contributed by atoms with van der Waals surface area (Å²) >= 11 is 0. The van der Waals surface area contributed by atoms with E-state index in [2.05, 4.69) is 5.32 Å².